The molecule has 1 unspecified atom stereocenters. The Bertz CT molecular complexity index is 932. The monoisotopic (exact) mass is 402 g/mol. The van der Waals surface area contributed by atoms with Crippen molar-refractivity contribution in [3.8, 4) is 0 Å². The maximum atomic E-state index is 12.7. The highest BCUT2D eigenvalue weighted by Gasteiger charge is 2.25. The fraction of sp³-hybridized carbons (Fsp3) is 0.360. The summed E-state index contributed by atoms with van der Waals surface area (Å²) < 4.78 is 2.04. The predicted molar refractivity (Wildman–Crippen MR) is 119 cm³/mol. The number of hydrogen-bond acceptors (Lipinski definition) is 3. The van der Waals surface area contributed by atoms with Gasteiger partial charge in [-0.1, -0.05) is 54.1 Å². The van der Waals surface area contributed by atoms with Crippen LogP contribution >= 0.6 is 0 Å². The first-order valence-electron chi connectivity index (χ1n) is 10.7. The molecule has 156 valence electrons. The topological polar surface area (TPSA) is 50.2 Å². The van der Waals surface area contributed by atoms with E-state index >= 15 is 0 Å². The summed E-state index contributed by atoms with van der Waals surface area (Å²) in [5.74, 6) is 0.246. The summed E-state index contributed by atoms with van der Waals surface area (Å²) in [6.45, 7) is 6.32. The molecule has 0 spiro atoms. The van der Waals surface area contributed by atoms with Gasteiger partial charge in [-0.3, -0.25) is 9.69 Å². The van der Waals surface area contributed by atoms with Gasteiger partial charge in [0, 0.05) is 38.6 Å². The van der Waals surface area contributed by atoms with Crippen LogP contribution in [0.2, 0.25) is 0 Å². The third-order valence-corrected chi connectivity index (χ3v) is 5.82. The van der Waals surface area contributed by atoms with Gasteiger partial charge in [0.25, 0.3) is 0 Å². The van der Waals surface area contributed by atoms with E-state index in [1.165, 1.54) is 16.7 Å². The lowest BCUT2D eigenvalue weighted by Crippen LogP contribution is -2.42. The van der Waals surface area contributed by atoms with Gasteiger partial charge in [0.15, 0.2) is 0 Å². The smallest absolute Gasteiger partial charge is 0.224 e. The van der Waals surface area contributed by atoms with Crippen LogP contribution in [0.3, 0.4) is 0 Å². The molecule has 1 N–H and O–H groups in total. The van der Waals surface area contributed by atoms with E-state index in [2.05, 4.69) is 70.7 Å². The minimum absolute atomic E-state index is 0.0738. The maximum Gasteiger partial charge on any atom is 0.224 e. The quantitative estimate of drug-likeness (QED) is 0.655. The van der Waals surface area contributed by atoms with E-state index in [0.29, 0.717) is 6.54 Å². The van der Waals surface area contributed by atoms with Crippen molar-refractivity contribution in [1.29, 1.82) is 0 Å². The first kappa shape index (κ1) is 20.4. The summed E-state index contributed by atoms with van der Waals surface area (Å²) >= 11 is 0. The molecule has 3 aromatic rings. The molecule has 0 radical (unpaired) electrons. The summed E-state index contributed by atoms with van der Waals surface area (Å²) in [4.78, 5) is 19.2. The standard InChI is InChI=1S/C25H30N4O/c1-20-4-6-22(7-5-20)16-28-13-2-3-24(18-28)25(30)27-15-21-8-10-23(11-9-21)17-29-14-12-26-19-29/h4-12,14,19,24H,2-3,13,15-18H2,1H3,(H,27,30). The maximum absolute atomic E-state index is 12.7. The number of nitrogens with zero attached hydrogens (tertiary/aromatic N) is 3. The van der Waals surface area contributed by atoms with E-state index in [9.17, 15) is 4.79 Å². The number of hydrogen-bond donors (Lipinski definition) is 1. The second-order valence-electron chi connectivity index (χ2n) is 8.33. The summed E-state index contributed by atoms with van der Waals surface area (Å²) in [6, 6.07) is 17.1. The van der Waals surface area contributed by atoms with Crippen LogP contribution in [0.25, 0.3) is 0 Å². The lowest BCUT2D eigenvalue weighted by Gasteiger charge is -2.32. The number of carbonyl (C=O) groups excluding carboxylic acids is 1. The molecule has 1 saturated heterocycles. The van der Waals surface area contributed by atoms with Crippen LogP contribution in [0.5, 0.6) is 0 Å². The van der Waals surface area contributed by atoms with Crippen molar-refractivity contribution in [3.05, 3.63) is 89.5 Å². The molecule has 0 saturated carbocycles. The zero-order valence-corrected chi connectivity index (χ0v) is 17.6. The molecule has 5 nitrogen and oxygen atoms in total. The lowest BCUT2D eigenvalue weighted by molar-refractivity contribution is -0.126. The molecule has 2 aromatic carbocycles. The number of rotatable bonds is 7. The zero-order chi connectivity index (χ0) is 20.8. The van der Waals surface area contributed by atoms with E-state index in [-0.39, 0.29) is 11.8 Å². The van der Waals surface area contributed by atoms with E-state index in [0.717, 1.165) is 44.6 Å². The molecular formula is C25H30N4O. The fourth-order valence-electron chi connectivity index (χ4n) is 4.05. The normalized spacial score (nSPS) is 17.0. The number of nitrogens with one attached hydrogen (secondary N) is 1. The Kier molecular flexibility index (Phi) is 6.60. The summed E-state index contributed by atoms with van der Waals surface area (Å²) in [5, 5.41) is 3.14. The van der Waals surface area contributed by atoms with Crippen molar-refractivity contribution in [3.63, 3.8) is 0 Å². The van der Waals surface area contributed by atoms with Crippen molar-refractivity contribution in [1.82, 2.24) is 19.8 Å². The highest BCUT2D eigenvalue weighted by atomic mass is 16.1. The van der Waals surface area contributed by atoms with Gasteiger partial charge in [-0.15, -0.1) is 0 Å². The van der Waals surface area contributed by atoms with Gasteiger partial charge < -0.3 is 9.88 Å². The second kappa shape index (κ2) is 9.72. The van der Waals surface area contributed by atoms with E-state index in [4.69, 9.17) is 0 Å². The number of aromatic nitrogens is 2. The molecule has 5 heteroatoms. The van der Waals surface area contributed by atoms with Gasteiger partial charge in [-0.05, 0) is 43.0 Å². The SMILES string of the molecule is Cc1ccc(CN2CCCC(C(=O)NCc3ccc(Cn4ccnc4)cc3)C2)cc1. The predicted octanol–water partition coefficient (Wildman–Crippen LogP) is 3.77. The van der Waals surface area contributed by atoms with Crippen LogP contribution < -0.4 is 5.32 Å². The average Bonchev–Trinajstić information content (AvgIpc) is 3.28. The van der Waals surface area contributed by atoms with Crippen molar-refractivity contribution in [2.24, 2.45) is 5.92 Å². The number of benzene rings is 2. The Balaban J connectivity index is 1.25. The average molecular weight is 403 g/mol. The number of carbonyl (C=O) groups is 1. The van der Waals surface area contributed by atoms with E-state index in [1.807, 2.05) is 17.1 Å². The van der Waals surface area contributed by atoms with E-state index < -0.39 is 0 Å². The van der Waals surface area contributed by atoms with Gasteiger partial charge in [0.2, 0.25) is 5.91 Å². The summed E-state index contributed by atoms with van der Waals surface area (Å²) in [7, 11) is 0. The number of likely N-dealkylation sites (tertiary alicyclic amines) is 1. The molecule has 1 atom stereocenters. The van der Waals surface area contributed by atoms with Crippen LogP contribution in [0.1, 0.15) is 35.1 Å². The van der Waals surface area contributed by atoms with Crippen LogP contribution in [-0.2, 0) is 24.4 Å². The van der Waals surface area contributed by atoms with Crippen molar-refractivity contribution in [2.45, 2.75) is 39.4 Å². The van der Waals surface area contributed by atoms with Gasteiger partial charge in [0.05, 0.1) is 12.2 Å². The number of amides is 1. The molecule has 2 heterocycles. The minimum atomic E-state index is 0.0738. The lowest BCUT2D eigenvalue weighted by atomic mass is 9.96. The molecule has 1 amide bonds. The molecule has 1 aliphatic heterocycles. The largest absolute Gasteiger partial charge is 0.352 e. The zero-order valence-electron chi connectivity index (χ0n) is 17.6. The number of piperidine rings is 1. The minimum Gasteiger partial charge on any atom is -0.352 e. The third kappa shape index (κ3) is 5.57. The molecule has 0 aliphatic carbocycles. The number of aryl methyl sites for hydroxylation is 1. The van der Waals surface area contributed by atoms with Gasteiger partial charge >= 0.3 is 0 Å². The van der Waals surface area contributed by atoms with Gasteiger partial charge in [-0.2, -0.15) is 0 Å². The Morgan fingerprint density at radius 3 is 2.47 bits per heavy atom. The van der Waals surface area contributed by atoms with E-state index in [1.54, 1.807) is 6.20 Å². The number of imidazole rings is 1. The first-order chi connectivity index (χ1) is 14.7. The molecule has 4 rings (SSSR count). The van der Waals surface area contributed by atoms with Gasteiger partial charge in [-0.25, -0.2) is 4.98 Å². The summed E-state index contributed by atoms with van der Waals surface area (Å²) in [5.41, 5.74) is 4.95. The molecule has 0 bridgehead atoms. The second-order valence-corrected chi connectivity index (χ2v) is 8.33. The molecular weight excluding hydrogens is 372 g/mol. The Morgan fingerprint density at radius 2 is 1.73 bits per heavy atom. The Morgan fingerprint density at radius 1 is 1.03 bits per heavy atom. The van der Waals surface area contributed by atoms with Crippen LogP contribution in [0.15, 0.2) is 67.3 Å². The fourth-order valence-corrected chi connectivity index (χ4v) is 4.05. The van der Waals surface area contributed by atoms with Gasteiger partial charge in [0.1, 0.15) is 0 Å². The molecule has 1 fully saturated rings. The van der Waals surface area contributed by atoms with Crippen molar-refractivity contribution < 1.29 is 4.79 Å². The van der Waals surface area contributed by atoms with Crippen LogP contribution in [0.4, 0.5) is 0 Å². The van der Waals surface area contributed by atoms with Crippen molar-refractivity contribution in [2.75, 3.05) is 13.1 Å². The highest BCUT2D eigenvalue weighted by molar-refractivity contribution is 5.79. The Hall–Kier alpha value is -2.92. The third-order valence-electron chi connectivity index (χ3n) is 5.82. The molecule has 1 aromatic heterocycles. The summed E-state index contributed by atoms with van der Waals surface area (Å²) in [6.07, 6.45) is 7.62. The molecule has 30 heavy (non-hydrogen) atoms. The van der Waals surface area contributed by atoms with Crippen LogP contribution in [0, 0.1) is 12.8 Å². The first-order valence-corrected chi connectivity index (χ1v) is 10.7. The molecule has 1 aliphatic rings. The van der Waals surface area contributed by atoms with Crippen molar-refractivity contribution >= 4 is 5.91 Å². The van der Waals surface area contributed by atoms with Crippen LogP contribution in [-0.4, -0.2) is 33.4 Å². The highest BCUT2D eigenvalue weighted by Crippen LogP contribution is 2.19. The Labute approximate surface area is 178 Å².